The summed E-state index contributed by atoms with van der Waals surface area (Å²) in [6, 6.07) is -3.12. The maximum atomic E-state index is 11.7. The summed E-state index contributed by atoms with van der Waals surface area (Å²) in [4.78, 5) is 34.9. The van der Waals surface area contributed by atoms with E-state index in [-0.39, 0.29) is 6.29 Å². The first kappa shape index (κ1) is 33.3. The molecule has 10 N–H and O–H groups in total. The molecule has 0 bridgehead atoms. The van der Waals surface area contributed by atoms with Gasteiger partial charge in [0, 0.05) is 13.8 Å². The molecular formula is C22H38N2O15. The normalized spacial score (nSPS) is 38.2. The highest BCUT2D eigenvalue weighted by Gasteiger charge is 2.49. The highest BCUT2D eigenvalue weighted by molar-refractivity contribution is 5.77. The van der Waals surface area contributed by atoms with Crippen molar-refractivity contribution in [2.75, 3.05) is 13.2 Å². The molecule has 1 unspecified atom stereocenters. The largest absolute Gasteiger partial charge is 0.394 e. The lowest BCUT2D eigenvalue weighted by Gasteiger charge is -2.44. The molecule has 0 radical (unpaired) electrons. The van der Waals surface area contributed by atoms with Gasteiger partial charge in [0.1, 0.15) is 73.3 Å². The summed E-state index contributed by atoms with van der Waals surface area (Å²) in [5.74, 6) is -1.41. The van der Waals surface area contributed by atoms with Crippen molar-refractivity contribution in [1.82, 2.24) is 10.6 Å². The number of aldehydes is 1. The fourth-order valence-corrected chi connectivity index (χ4v) is 4.22. The van der Waals surface area contributed by atoms with Gasteiger partial charge < -0.3 is 75.2 Å². The zero-order valence-corrected chi connectivity index (χ0v) is 21.5. The molecule has 14 atom stereocenters. The molecule has 0 spiro atoms. The third-order valence-electron chi connectivity index (χ3n) is 6.38. The Morgan fingerprint density at radius 2 is 1.56 bits per heavy atom. The number of hydrogen-bond donors (Lipinski definition) is 10. The van der Waals surface area contributed by atoms with Gasteiger partial charge in [0.15, 0.2) is 12.6 Å². The molecule has 0 aromatic heterocycles. The van der Waals surface area contributed by atoms with Crippen LogP contribution in [0.15, 0.2) is 0 Å². The van der Waals surface area contributed by atoms with Gasteiger partial charge in [-0.15, -0.1) is 0 Å². The van der Waals surface area contributed by atoms with Crippen LogP contribution in [0.4, 0.5) is 0 Å². The molecule has 39 heavy (non-hydrogen) atoms. The first-order chi connectivity index (χ1) is 18.2. The molecule has 0 aromatic carbocycles. The highest BCUT2D eigenvalue weighted by atomic mass is 16.7. The van der Waals surface area contributed by atoms with E-state index < -0.39 is 111 Å². The van der Waals surface area contributed by atoms with Gasteiger partial charge in [0.05, 0.1) is 19.3 Å². The number of aliphatic hydroxyl groups is 8. The second kappa shape index (κ2) is 14.7. The van der Waals surface area contributed by atoms with E-state index in [1.54, 1.807) is 0 Å². The molecule has 0 aromatic rings. The predicted molar refractivity (Wildman–Crippen MR) is 124 cm³/mol. The van der Waals surface area contributed by atoms with Gasteiger partial charge in [0.25, 0.3) is 0 Å². The van der Waals surface area contributed by atoms with Crippen molar-refractivity contribution in [2.24, 2.45) is 0 Å². The van der Waals surface area contributed by atoms with E-state index in [1.165, 1.54) is 6.92 Å². The van der Waals surface area contributed by atoms with Gasteiger partial charge >= 0.3 is 0 Å². The van der Waals surface area contributed by atoms with Crippen LogP contribution in [0.1, 0.15) is 20.8 Å². The maximum absolute atomic E-state index is 11.7. The summed E-state index contributed by atoms with van der Waals surface area (Å²) in [6.45, 7) is 1.96. The van der Waals surface area contributed by atoms with E-state index in [4.69, 9.17) is 18.9 Å². The number of aliphatic hydroxyl groups excluding tert-OH is 8. The third-order valence-corrected chi connectivity index (χ3v) is 6.38. The molecule has 2 rings (SSSR count). The number of carbonyl (C=O) groups excluding carboxylic acids is 3. The SMILES string of the molecule is CC(=O)N[C@H]1[C@H](OC([C@H](O)CO[C@@H]2O[C@@H](C)[C@@H](O)[C@@H](O)[C@@H]2O)[C@H](O)[C@H](C=O)NC(C)=O)O[C@H](CO)[C@@H](O)[C@@H]1O. The quantitative estimate of drug-likeness (QED) is 0.0977. The molecule has 2 aliphatic heterocycles. The average molecular weight is 571 g/mol. The standard InChI is InChI=1S/C22H38N2O15/c1-7-14(30)18(34)19(35)22(37-7)36-6-11(29)20(15(31)10(4-25)23-8(2)27)39-21-13(24-9(3)28)17(33)16(32)12(5-26)38-21/h4,7,10-22,26,29-35H,5-6H2,1-3H3,(H,23,27)(H,24,28)/t7-,10-,11+,12+,13+,14+,15+,16+,17+,18+,19-,20?,21-,22+/m0/s1. The van der Waals surface area contributed by atoms with E-state index in [0.717, 1.165) is 13.8 Å². The molecule has 0 saturated carbocycles. The van der Waals surface area contributed by atoms with Crippen molar-refractivity contribution in [3.05, 3.63) is 0 Å². The van der Waals surface area contributed by atoms with Gasteiger partial charge in [-0.1, -0.05) is 0 Å². The Bertz CT molecular complexity index is 820. The van der Waals surface area contributed by atoms with Crippen LogP contribution in [-0.2, 0) is 33.3 Å². The van der Waals surface area contributed by atoms with Gasteiger partial charge in [-0.25, -0.2) is 0 Å². The molecule has 226 valence electrons. The summed E-state index contributed by atoms with van der Waals surface area (Å²) >= 11 is 0. The lowest BCUT2D eigenvalue weighted by atomic mass is 9.96. The van der Waals surface area contributed by atoms with Crippen LogP contribution in [0.2, 0.25) is 0 Å². The van der Waals surface area contributed by atoms with Crippen molar-refractivity contribution in [3.63, 3.8) is 0 Å². The van der Waals surface area contributed by atoms with E-state index in [2.05, 4.69) is 10.6 Å². The number of hydrogen-bond acceptors (Lipinski definition) is 15. The zero-order chi connectivity index (χ0) is 29.6. The Labute approximate surface area is 223 Å². The summed E-state index contributed by atoms with van der Waals surface area (Å²) < 4.78 is 21.7. The molecular weight excluding hydrogens is 532 g/mol. The third kappa shape index (κ3) is 8.32. The number of rotatable bonds is 12. The molecule has 17 heteroatoms. The predicted octanol–water partition coefficient (Wildman–Crippen LogP) is -6.42. The fraction of sp³-hybridized carbons (Fsp3) is 0.864. The Hall–Kier alpha value is -1.87. The van der Waals surface area contributed by atoms with Gasteiger partial charge in [-0.2, -0.15) is 0 Å². The minimum Gasteiger partial charge on any atom is -0.394 e. The van der Waals surface area contributed by atoms with Gasteiger partial charge in [0.2, 0.25) is 11.8 Å². The van der Waals surface area contributed by atoms with E-state index in [9.17, 15) is 55.2 Å². The minimum absolute atomic E-state index is 0.158. The Kier molecular flexibility index (Phi) is 12.5. The van der Waals surface area contributed by atoms with E-state index in [1.807, 2.05) is 0 Å². The summed E-state index contributed by atoms with van der Waals surface area (Å²) in [7, 11) is 0. The molecule has 2 amide bonds. The van der Waals surface area contributed by atoms with Crippen molar-refractivity contribution in [1.29, 1.82) is 0 Å². The molecule has 2 saturated heterocycles. The van der Waals surface area contributed by atoms with Crippen LogP contribution in [0.3, 0.4) is 0 Å². The summed E-state index contributed by atoms with van der Waals surface area (Å²) in [5.41, 5.74) is 0. The number of ether oxygens (including phenoxy) is 4. The molecule has 0 aliphatic carbocycles. The zero-order valence-electron chi connectivity index (χ0n) is 21.5. The van der Waals surface area contributed by atoms with Crippen LogP contribution in [0.5, 0.6) is 0 Å². The molecule has 2 fully saturated rings. The van der Waals surface area contributed by atoms with Crippen LogP contribution >= 0.6 is 0 Å². The van der Waals surface area contributed by atoms with E-state index in [0.29, 0.717) is 0 Å². The Morgan fingerprint density at radius 3 is 2.10 bits per heavy atom. The summed E-state index contributed by atoms with van der Waals surface area (Å²) in [6.07, 6.45) is -19.5. The first-order valence-electron chi connectivity index (χ1n) is 12.2. The fourth-order valence-electron chi connectivity index (χ4n) is 4.22. The van der Waals surface area contributed by atoms with Crippen molar-refractivity contribution in [3.8, 4) is 0 Å². The molecule has 2 aliphatic rings. The van der Waals surface area contributed by atoms with Crippen LogP contribution < -0.4 is 10.6 Å². The van der Waals surface area contributed by atoms with Crippen molar-refractivity contribution >= 4 is 18.1 Å². The Balaban J connectivity index is 2.31. The van der Waals surface area contributed by atoms with Gasteiger partial charge in [-0.3, -0.25) is 9.59 Å². The lowest BCUT2D eigenvalue weighted by Crippen LogP contribution is -2.66. The number of carbonyl (C=O) groups is 3. The number of amides is 2. The van der Waals surface area contributed by atoms with Crippen LogP contribution in [-0.4, -0.2) is 158 Å². The van der Waals surface area contributed by atoms with Crippen molar-refractivity contribution in [2.45, 2.75) is 106 Å². The smallest absolute Gasteiger partial charge is 0.217 e. The monoisotopic (exact) mass is 570 g/mol. The first-order valence-corrected chi connectivity index (χ1v) is 12.2. The number of nitrogens with one attached hydrogen (secondary N) is 2. The van der Waals surface area contributed by atoms with Crippen LogP contribution in [0, 0.1) is 0 Å². The highest BCUT2D eigenvalue weighted by Crippen LogP contribution is 2.26. The molecule has 2 heterocycles. The van der Waals surface area contributed by atoms with Crippen LogP contribution in [0.25, 0.3) is 0 Å². The lowest BCUT2D eigenvalue weighted by molar-refractivity contribution is -0.313. The second-order valence-corrected chi connectivity index (χ2v) is 9.47. The van der Waals surface area contributed by atoms with Gasteiger partial charge in [-0.05, 0) is 6.92 Å². The van der Waals surface area contributed by atoms with E-state index >= 15 is 0 Å². The molecule has 17 nitrogen and oxygen atoms in total. The minimum atomic E-state index is -1.99. The maximum Gasteiger partial charge on any atom is 0.217 e. The Morgan fingerprint density at radius 1 is 0.923 bits per heavy atom. The van der Waals surface area contributed by atoms with Crippen molar-refractivity contribution < 1.29 is 74.2 Å². The summed E-state index contributed by atoms with van der Waals surface area (Å²) in [5, 5.41) is 86.4. The second-order valence-electron chi connectivity index (χ2n) is 9.47. The topological polar surface area (TPSA) is 274 Å². The average Bonchev–Trinajstić information content (AvgIpc) is 2.88.